The Balaban J connectivity index is 2.37. The van der Waals surface area contributed by atoms with E-state index in [2.05, 4.69) is 36.9 Å². The molecule has 0 N–H and O–H groups in total. The number of hydrogen-bond acceptors (Lipinski definition) is 6. The Bertz CT molecular complexity index is 1320. The Morgan fingerprint density at radius 2 is 1.52 bits per heavy atom. The van der Waals surface area contributed by atoms with Crippen molar-refractivity contribution in [3.05, 3.63) is 64.2 Å². The van der Waals surface area contributed by atoms with Gasteiger partial charge in [0.1, 0.15) is 29.2 Å². The first-order chi connectivity index (χ1) is 14.8. The zero-order valence-corrected chi connectivity index (χ0v) is 18.1. The molecule has 0 saturated heterocycles. The normalized spacial score (nSPS) is 15.9. The van der Waals surface area contributed by atoms with Gasteiger partial charge in [0.25, 0.3) is 0 Å². The fraction of sp³-hybridized carbons (Fsp3) is 0.240. The van der Waals surface area contributed by atoms with Crippen molar-refractivity contribution in [2.75, 3.05) is 26.2 Å². The zero-order valence-electron chi connectivity index (χ0n) is 18.1. The standard InChI is InChI=1S/C25H22N4O2/c1-25(2)20-8-6-7-9-21(20)29(3)24(25)10-16(13-26)18-11-23(31-5)19(12-22(18)30-4)17(14-27)15-28/h6-12H,1-5H3/b18-16+,24-10+. The number of allylic oxidation sites excluding steroid dienone is 2. The van der Waals surface area contributed by atoms with Gasteiger partial charge in [0.05, 0.1) is 25.9 Å². The molecule has 0 atom stereocenters. The molecule has 154 valence electrons. The number of anilines is 1. The lowest BCUT2D eigenvalue weighted by Crippen LogP contribution is -2.24. The van der Waals surface area contributed by atoms with Crippen LogP contribution < -0.4 is 24.8 Å². The zero-order chi connectivity index (χ0) is 22.8. The van der Waals surface area contributed by atoms with Crippen LogP contribution in [0.15, 0.2) is 48.2 Å². The topological polar surface area (TPSA) is 93.1 Å². The van der Waals surface area contributed by atoms with Gasteiger partial charge in [0.15, 0.2) is 0 Å². The molecule has 0 radical (unpaired) electrons. The molecular formula is C25H22N4O2. The van der Waals surface area contributed by atoms with Gasteiger partial charge in [-0.25, -0.2) is 0 Å². The highest BCUT2D eigenvalue weighted by Gasteiger charge is 2.38. The van der Waals surface area contributed by atoms with Gasteiger partial charge in [-0.05, 0) is 29.8 Å². The summed E-state index contributed by atoms with van der Waals surface area (Å²) in [6.07, 6.45) is 1.86. The van der Waals surface area contributed by atoms with Gasteiger partial charge in [-0.2, -0.15) is 15.8 Å². The molecular weight excluding hydrogens is 388 g/mol. The summed E-state index contributed by atoms with van der Waals surface area (Å²) in [5.74, 6) is 0.700. The minimum absolute atomic E-state index is 0.0920. The van der Waals surface area contributed by atoms with E-state index in [-0.39, 0.29) is 11.0 Å². The van der Waals surface area contributed by atoms with E-state index in [9.17, 15) is 15.8 Å². The van der Waals surface area contributed by atoms with E-state index in [1.807, 2.05) is 37.4 Å². The summed E-state index contributed by atoms with van der Waals surface area (Å²) < 4.78 is 10.9. The van der Waals surface area contributed by atoms with Crippen molar-refractivity contribution >= 4 is 16.8 Å². The van der Waals surface area contributed by atoms with Crippen LogP contribution in [-0.4, -0.2) is 21.3 Å². The van der Waals surface area contributed by atoms with E-state index in [0.717, 1.165) is 11.4 Å². The van der Waals surface area contributed by atoms with E-state index in [1.165, 1.54) is 19.8 Å². The molecule has 0 aromatic heterocycles. The third kappa shape index (κ3) is 3.48. The van der Waals surface area contributed by atoms with Crippen molar-refractivity contribution in [3.63, 3.8) is 0 Å². The van der Waals surface area contributed by atoms with Crippen molar-refractivity contribution in [1.82, 2.24) is 0 Å². The second-order valence-electron chi connectivity index (χ2n) is 7.61. The predicted molar refractivity (Wildman–Crippen MR) is 118 cm³/mol. The molecule has 3 rings (SSSR count). The third-order valence-corrected chi connectivity index (χ3v) is 5.65. The summed E-state index contributed by atoms with van der Waals surface area (Å²) in [4.78, 5) is 2.09. The van der Waals surface area contributed by atoms with Crippen LogP contribution in [0.5, 0.6) is 11.5 Å². The Hall–Kier alpha value is -4.21. The average molecular weight is 410 g/mol. The molecule has 0 amide bonds. The lowest BCUT2D eigenvalue weighted by Gasteiger charge is -2.24. The minimum Gasteiger partial charge on any atom is -0.496 e. The van der Waals surface area contributed by atoms with E-state index in [1.54, 1.807) is 12.1 Å². The first-order valence-corrected chi connectivity index (χ1v) is 9.60. The molecule has 0 fully saturated rings. The Morgan fingerprint density at radius 3 is 2.06 bits per heavy atom. The van der Waals surface area contributed by atoms with Crippen LogP contribution in [0.1, 0.15) is 19.4 Å². The van der Waals surface area contributed by atoms with Crippen LogP contribution in [0.3, 0.4) is 0 Å². The quantitative estimate of drug-likeness (QED) is 0.772. The average Bonchev–Trinajstić information content (AvgIpc) is 2.98. The second-order valence-corrected chi connectivity index (χ2v) is 7.61. The van der Waals surface area contributed by atoms with Gasteiger partial charge in [0.2, 0.25) is 0 Å². The number of likely N-dealkylation sites (N-methyl/N-ethyl adjacent to an activating group) is 1. The molecule has 6 heteroatoms. The molecule has 1 aliphatic rings. The van der Waals surface area contributed by atoms with E-state index < -0.39 is 0 Å². The summed E-state index contributed by atoms with van der Waals surface area (Å²) in [6, 6.07) is 17.4. The largest absolute Gasteiger partial charge is 0.496 e. The van der Waals surface area contributed by atoms with E-state index in [4.69, 9.17) is 9.47 Å². The maximum Gasteiger partial charge on any atom is 0.140 e. The minimum atomic E-state index is -0.298. The van der Waals surface area contributed by atoms with Gasteiger partial charge in [-0.1, -0.05) is 32.0 Å². The highest BCUT2D eigenvalue weighted by molar-refractivity contribution is 5.79. The van der Waals surface area contributed by atoms with Gasteiger partial charge in [-0.15, -0.1) is 0 Å². The number of fused-ring (bicyclic) bond motifs is 1. The fourth-order valence-electron chi connectivity index (χ4n) is 4.01. The highest BCUT2D eigenvalue weighted by atomic mass is 16.5. The summed E-state index contributed by atoms with van der Waals surface area (Å²) in [5.41, 5.74) is 3.25. The lowest BCUT2D eigenvalue weighted by molar-refractivity contribution is 0.397. The first kappa shape index (κ1) is 21.5. The number of nitrogens with zero attached hydrogens (tertiary/aromatic N) is 4. The summed E-state index contributed by atoms with van der Waals surface area (Å²) in [5, 5.41) is 29.4. The van der Waals surface area contributed by atoms with Crippen molar-refractivity contribution in [2.45, 2.75) is 19.3 Å². The molecule has 2 aromatic rings. The molecule has 2 aromatic carbocycles. The number of nitriles is 3. The van der Waals surface area contributed by atoms with Crippen molar-refractivity contribution in [1.29, 1.82) is 15.8 Å². The van der Waals surface area contributed by atoms with Crippen LogP contribution in [-0.2, 0) is 5.41 Å². The SMILES string of the molecule is COc1c/c(=C(C#N)/C=C2/N(C)c3ccccc3C2(C)C)c(OC)cc1=C(C#N)C#N. The molecule has 6 nitrogen and oxygen atoms in total. The van der Waals surface area contributed by atoms with Crippen LogP contribution >= 0.6 is 0 Å². The van der Waals surface area contributed by atoms with Crippen molar-refractivity contribution in [3.8, 4) is 29.7 Å². The number of hydrogen-bond donors (Lipinski definition) is 0. The Kier molecular flexibility index (Phi) is 5.73. The van der Waals surface area contributed by atoms with Crippen LogP contribution in [0.4, 0.5) is 5.69 Å². The van der Waals surface area contributed by atoms with Gasteiger partial charge in [0, 0.05) is 34.3 Å². The third-order valence-electron chi connectivity index (χ3n) is 5.65. The molecule has 0 unspecified atom stereocenters. The molecule has 1 aliphatic heterocycles. The maximum atomic E-state index is 10.0. The molecule has 0 bridgehead atoms. The summed E-state index contributed by atoms with van der Waals surface area (Å²) >= 11 is 0. The highest BCUT2D eigenvalue weighted by Crippen LogP contribution is 2.46. The van der Waals surface area contributed by atoms with E-state index in [0.29, 0.717) is 27.5 Å². The number of ether oxygens (including phenoxy) is 2. The Labute approximate surface area is 181 Å². The molecule has 31 heavy (non-hydrogen) atoms. The van der Waals surface area contributed by atoms with Crippen molar-refractivity contribution < 1.29 is 9.47 Å². The van der Waals surface area contributed by atoms with Crippen LogP contribution in [0.2, 0.25) is 0 Å². The fourth-order valence-corrected chi connectivity index (χ4v) is 4.01. The number of benzene rings is 2. The maximum absolute atomic E-state index is 10.0. The second kappa shape index (κ2) is 8.27. The number of rotatable bonds is 3. The smallest absolute Gasteiger partial charge is 0.140 e. The van der Waals surface area contributed by atoms with Crippen LogP contribution in [0.25, 0.3) is 11.1 Å². The van der Waals surface area contributed by atoms with E-state index >= 15 is 0 Å². The van der Waals surface area contributed by atoms with Gasteiger partial charge in [-0.3, -0.25) is 0 Å². The first-order valence-electron chi connectivity index (χ1n) is 9.60. The number of para-hydroxylation sites is 1. The van der Waals surface area contributed by atoms with Gasteiger partial charge >= 0.3 is 0 Å². The van der Waals surface area contributed by atoms with Crippen molar-refractivity contribution in [2.24, 2.45) is 0 Å². The lowest BCUT2D eigenvalue weighted by atomic mass is 9.83. The summed E-state index contributed by atoms with van der Waals surface area (Å²) in [6.45, 7) is 4.25. The predicted octanol–water partition coefficient (Wildman–Crippen LogP) is 2.89. The Morgan fingerprint density at radius 1 is 0.935 bits per heavy atom. The summed E-state index contributed by atoms with van der Waals surface area (Å²) in [7, 11) is 4.92. The molecule has 0 spiro atoms. The molecule has 0 saturated carbocycles. The van der Waals surface area contributed by atoms with Gasteiger partial charge < -0.3 is 14.4 Å². The monoisotopic (exact) mass is 410 g/mol. The number of methoxy groups -OCH3 is 2. The molecule has 0 aliphatic carbocycles. The molecule has 1 heterocycles. The van der Waals surface area contributed by atoms with Crippen LogP contribution in [0, 0.1) is 34.0 Å².